The number of hydrogen-bond acceptors (Lipinski definition) is 3. The van der Waals surface area contributed by atoms with E-state index in [9.17, 15) is 9.59 Å². The number of benzene rings is 2. The number of hydrogen-bond donors (Lipinski definition) is 2. The van der Waals surface area contributed by atoms with Crippen LogP contribution >= 0.6 is 0 Å². The van der Waals surface area contributed by atoms with E-state index >= 15 is 0 Å². The summed E-state index contributed by atoms with van der Waals surface area (Å²) in [6, 6.07) is 15.7. The van der Waals surface area contributed by atoms with Crippen molar-refractivity contribution in [2.24, 2.45) is 11.1 Å². The van der Waals surface area contributed by atoms with Crippen LogP contribution in [0.5, 0.6) is 0 Å². The van der Waals surface area contributed by atoms with E-state index < -0.39 is 11.5 Å². The molecule has 3 aliphatic rings. The van der Waals surface area contributed by atoms with Crippen LogP contribution in [0.25, 0.3) is 11.1 Å². The molecule has 2 aromatic rings. The molecule has 1 spiro atoms. The lowest BCUT2D eigenvalue weighted by atomic mass is 9.88. The fraction of sp³-hybridized carbons (Fsp3) is 0.417. The molecule has 2 saturated carbocycles. The summed E-state index contributed by atoms with van der Waals surface area (Å²) in [5.74, 6) is -0.170. The maximum Gasteiger partial charge on any atom is 0.335 e. The number of aromatic carboxylic acids is 1. The van der Waals surface area contributed by atoms with Crippen molar-refractivity contribution in [1.29, 1.82) is 0 Å². The molecule has 0 aromatic heterocycles. The molecule has 0 radical (unpaired) electrons. The van der Waals surface area contributed by atoms with Gasteiger partial charge in [-0.15, -0.1) is 0 Å². The number of carbonyl (C=O) groups excluding carboxylic acids is 1. The van der Waals surface area contributed by atoms with Crippen LogP contribution < -0.4 is 5.73 Å². The van der Waals surface area contributed by atoms with E-state index in [1.54, 1.807) is 12.1 Å². The Balaban J connectivity index is 1.23. The molecule has 1 aliphatic heterocycles. The van der Waals surface area contributed by atoms with E-state index in [1.165, 1.54) is 12.0 Å². The first kappa shape index (κ1) is 18.4. The van der Waals surface area contributed by atoms with Crippen LogP contribution in [0.1, 0.15) is 53.9 Å². The van der Waals surface area contributed by atoms with E-state index in [-0.39, 0.29) is 5.91 Å². The van der Waals surface area contributed by atoms with Gasteiger partial charge in [0.2, 0.25) is 5.91 Å². The van der Waals surface area contributed by atoms with Crippen molar-refractivity contribution >= 4 is 11.9 Å². The normalized spacial score (nSPS) is 23.6. The third-order valence-electron chi connectivity index (χ3n) is 7.23. The summed E-state index contributed by atoms with van der Waals surface area (Å²) in [7, 11) is 0. The average molecular weight is 390 g/mol. The van der Waals surface area contributed by atoms with Gasteiger partial charge in [-0.25, -0.2) is 4.79 Å². The van der Waals surface area contributed by atoms with Crippen molar-refractivity contribution < 1.29 is 14.7 Å². The van der Waals surface area contributed by atoms with E-state index in [4.69, 9.17) is 10.8 Å². The fourth-order valence-electron chi connectivity index (χ4n) is 4.90. The van der Waals surface area contributed by atoms with E-state index in [0.717, 1.165) is 49.9 Å². The number of nitrogens with zero attached hydrogens (tertiary/aromatic N) is 1. The minimum absolute atomic E-state index is 0.155. The molecule has 5 heteroatoms. The van der Waals surface area contributed by atoms with Crippen molar-refractivity contribution in [3.05, 3.63) is 59.7 Å². The molecular formula is C24H26N2O3. The summed E-state index contributed by atoms with van der Waals surface area (Å²) in [6.45, 7) is 1.67. The highest BCUT2D eigenvalue weighted by molar-refractivity contribution is 5.89. The summed E-state index contributed by atoms with van der Waals surface area (Å²) in [5, 5.41) is 9.03. The first-order chi connectivity index (χ1) is 13.9. The number of nitrogens with two attached hydrogens (primary N) is 1. The minimum atomic E-state index is -0.905. The van der Waals surface area contributed by atoms with Crippen molar-refractivity contribution in [3.8, 4) is 11.1 Å². The molecular weight excluding hydrogens is 364 g/mol. The summed E-state index contributed by atoms with van der Waals surface area (Å²) in [5.41, 5.74) is 9.68. The van der Waals surface area contributed by atoms with Gasteiger partial charge in [-0.05, 0) is 72.3 Å². The van der Waals surface area contributed by atoms with E-state index in [0.29, 0.717) is 16.9 Å². The monoisotopic (exact) mass is 390 g/mol. The van der Waals surface area contributed by atoms with E-state index in [2.05, 4.69) is 24.3 Å². The number of rotatable bonds is 4. The topological polar surface area (TPSA) is 83.6 Å². The second kappa shape index (κ2) is 6.42. The largest absolute Gasteiger partial charge is 0.478 e. The molecule has 2 aliphatic carbocycles. The second-order valence-electron chi connectivity index (χ2n) is 9.07. The summed E-state index contributed by atoms with van der Waals surface area (Å²) >= 11 is 0. The lowest BCUT2D eigenvalue weighted by Crippen LogP contribution is -2.49. The number of likely N-dealkylation sites (tertiary alicyclic amines) is 1. The van der Waals surface area contributed by atoms with Crippen LogP contribution in [-0.4, -0.2) is 40.5 Å². The molecule has 5 rings (SSSR count). The Morgan fingerprint density at radius 1 is 0.897 bits per heavy atom. The van der Waals surface area contributed by atoms with Crippen molar-refractivity contribution in [2.75, 3.05) is 13.1 Å². The predicted molar refractivity (Wildman–Crippen MR) is 111 cm³/mol. The molecule has 1 saturated heterocycles. The number of piperidine rings is 1. The molecule has 0 bridgehead atoms. The summed E-state index contributed by atoms with van der Waals surface area (Å²) < 4.78 is 0. The molecule has 2 aromatic carbocycles. The maximum atomic E-state index is 12.5. The Morgan fingerprint density at radius 2 is 1.45 bits per heavy atom. The van der Waals surface area contributed by atoms with Gasteiger partial charge in [-0.2, -0.15) is 0 Å². The zero-order valence-corrected chi connectivity index (χ0v) is 16.4. The quantitative estimate of drug-likeness (QED) is 0.835. The summed E-state index contributed by atoms with van der Waals surface area (Å²) in [4.78, 5) is 25.5. The van der Waals surface area contributed by atoms with Gasteiger partial charge in [0.25, 0.3) is 0 Å². The Kier molecular flexibility index (Phi) is 4.07. The van der Waals surface area contributed by atoms with Crippen LogP contribution in [0.4, 0.5) is 0 Å². The first-order valence-corrected chi connectivity index (χ1v) is 10.4. The smallest absolute Gasteiger partial charge is 0.335 e. The molecule has 5 nitrogen and oxygen atoms in total. The van der Waals surface area contributed by atoms with Gasteiger partial charge in [0.15, 0.2) is 0 Å². The molecule has 1 amide bonds. The number of carbonyl (C=O) groups is 2. The van der Waals surface area contributed by atoms with Gasteiger partial charge >= 0.3 is 5.97 Å². The molecule has 3 N–H and O–H groups in total. The number of carboxylic acid groups (broad SMARTS) is 1. The Morgan fingerprint density at radius 3 is 1.97 bits per heavy atom. The first-order valence-electron chi connectivity index (χ1n) is 10.4. The molecule has 1 unspecified atom stereocenters. The highest BCUT2D eigenvalue weighted by atomic mass is 16.4. The van der Waals surface area contributed by atoms with E-state index in [1.807, 2.05) is 17.0 Å². The average Bonchev–Trinajstić information content (AvgIpc) is 3.66. The standard InChI is InChI=1S/C24H26N2O3/c25-24(9-10-24)22(29)26-13-11-23(12-14-26)15-20(23)18-5-1-16(2-6-18)17-3-7-19(8-4-17)21(27)28/h1-8,20H,9-15,25H2,(H,27,28). The predicted octanol–water partition coefficient (Wildman–Crippen LogP) is 3.64. The van der Waals surface area contributed by atoms with Crippen LogP contribution in [0.15, 0.2) is 48.5 Å². The number of amides is 1. The lowest BCUT2D eigenvalue weighted by Gasteiger charge is -2.34. The fourth-order valence-corrected chi connectivity index (χ4v) is 4.90. The Bertz CT molecular complexity index is 953. The molecule has 150 valence electrons. The van der Waals surface area contributed by atoms with Gasteiger partial charge < -0.3 is 15.7 Å². The third kappa shape index (κ3) is 3.23. The van der Waals surface area contributed by atoms with Crippen molar-refractivity contribution in [3.63, 3.8) is 0 Å². The lowest BCUT2D eigenvalue weighted by molar-refractivity contribution is -0.135. The number of carboxylic acids is 1. The second-order valence-corrected chi connectivity index (χ2v) is 9.07. The zero-order valence-electron chi connectivity index (χ0n) is 16.4. The van der Waals surface area contributed by atoms with Gasteiger partial charge in [-0.1, -0.05) is 36.4 Å². The van der Waals surface area contributed by atoms with Crippen molar-refractivity contribution in [1.82, 2.24) is 4.90 Å². The van der Waals surface area contributed by atoms with Crippen LogP contribution in [0.2, 0.25) is 0 Å². The summed E-state index contributed by atoms with van der Waals surface area (Å²) in [6.07, 6.45) is 5.01. The van der Waals surface area contributed by atoms with Crippen molar-refractivity contribution in [2.45, 2.75) is 43.6 Å². The molecule has 1 heterocycles. The Hall–Kier alpha value is -2.66. The van der Waals surface area contributed by atoms with Gasteiger partial charge in [0, 0.05) is 13.1 Å². The Labute approximate surface area is 170 Å². The minimum Gasteiger partial charge on any atom is -0.478 e. The maximum absolute atomic E-state index is 12.5. The molecule has 29 heavy (non-hydrogen) atoms. The highest BCUT2D eigenvalue weighted by Crippen LogP contribution is 2.65. The van der Waals surface area contributed by atoms with Crippen LogP contribution in [0.3, 0.4) is 0 Å². The third-order valence-corrected chi connectivity index (χ3v) is 7.23. The highest BCUT2D eigenvalue weighted by Gasteiger charge is 2.57. The van der Waals surface area contributed by atoms with Crippen LogP contribution in [0, 0.1) is 5.41 Å². The zero-order chi connectivity index (χ0) is 20.2. The van der Waals surface area contributed by atoms with Gasteiger partial charge in [0.05, 0.1) is 11.1 Å². The SMILES string of the molecule is NC1(C(=O)N2CCC3(CC2)CC3c2ccc(-c3ccc(C(=O)O)cc3)cc2)CC1. The molecule has 3 fully saturated rings. The molecule has 1 atom stereocenters. The van der Waals surface area contributed by atoms with Gasteiger partial charge in [-0.3, -0.25) is 4.79 Å². The van der Waals surface area contributed by atoms with Gasteiger partial charge in [0.1, 0.15) is 0 Å². The van der Waals surface area contributed by atoms with Crippen LogP contribution in [-0.2, 0) is 4.79 Å².